The summed E-state index contributed by atoms with van der Waals surface area (Å²) in [5.41, 5.74) is 0.173. The fourth-order valence-electron chi connectivity index (χ4n) is 1.37. The first-order valence-corrected chi connectivity index (χ1v) is 5.61. The van der Waals surface area contributed by atoms with E-state index in [9.17, 15) is 9.59 Å². The minimum atomic E-state index is -0.255. The Morgan fingerprint density at radius 3 is 2.88 bits per heavy atom. The molecule has 0 aliphatic heterocycles. The Hall–Kier alpha value is -1.62. The van der Waals surface area contributed by atoms with Crippen molar-refractivity contribution in [3.05, 3.63) is 34.2 Å². The molecule has 0 bridgehead atoms. The lowest BCUT2D eigenvalue weighted by molar-refractivity contribution is 0.0695. The van der Waals surface area contributed by atoms with Crippen molar-refractivity contribution in [3.63, 3.8) is 0 Å². The van der Waals surface area contributed by atoms with Crippen molar-refractivity contribution in [3.8, 4) is 0 Å². The smallest absolute Gasteiger partial charge is 0.251 e. The van der Waals surface area contributed by atoms with Gasteiger partial charge < -0.3 is 14.6 Å². The predicted molar refractivity (Wildman–Crippen MR) is 65.1 cm³/mol. The lowest BCUT2D eigenvalue weighted by Gasteiger charge is -2.12. The second-order valence-electron chi connectivity index (χ2n) is 3.84. The molecule has 1 unspecified atom stereocenters. The Morgan fingerprint density at radius 2 is 2.29 bits per heavy atom. The molecule has 0 fully saturated rings. The molecule has 1 rings (SSSR count). The van der Waals surface area contributed by atoms with Crippen LogP contribution in [0.4, 0.5) is 0 Å². The molecule has 0 saturated heterocycles. The van der Waals surface area contributed by atoms with Crippen molar-refractivity contribution in [1.82, 2.24) is 9.88 Å². The summed E-state index contributed by atoms with van der Waals surface area (Å²) in [7, 11) is 1.64. The highest BCUT2D eigenvalue weighted by atomic mass is 16.5. The van der Waals surface area contributed by atoms with E-state index in [1.807, 2.05) is 13.8 Å². The third-order valence-electron chi connectivity index (χ3n) is 2.37. The quantitative estimate of drug-likeness (QED) is 0.814. The average molecular weight is 238 g/mol. The van der Waals surface area contributed by atoms with Crippen LogP contribution in [0, 0.1) is 0 Å². The van der Waals surface area contributed by atoms with Gasteiger partial charge in [0.05, 0.1) is 6.10 Å². The standard InChI is InChI=1S/C12H18N2O3/c1-4-17-9(2)8-13-12(16)10-5-6-14(3)11(15)7-10/h5-7,9H,4,8H2,1-3H3,(H,13,16). The van der Waals surface area contributed by atoms with Crippen LogP contribution in [0.1, 0.15) is 24.2 Å². The number of aromatic nitrogens is 1. The summed E-state index contributed by atoms with van der Waals surface area (Å²) in [6.45, 7) is 4.83. The number of pyridine rings is 1. The molecule has 17 heavy (non-hydrogen) atoms. The third-order valence-corrected chi connectivity index (χ3v) is 2.37. The summed E-state index contributed by atoms with van der Waals surface area (Å²) in [4.78, 5) is 23.0. The topological polar surface area (TPSA) is 60.3 Å². The van der Waals surface area contributed by atoms with Gasteiger partial charge in [-0.25, -0.2) is 0 Å². The third kappa shape index (κ3) is 4.03. The van der Waals surface area contributed by atoms with Gasteiger partial charge in [-0.2, -0.15) is 0 Å². The number of carbonyl (C=O) groups excluding carboxylic acids is 1. The van der Waals surface area contributed by atoms with Gasteiger partial charge in [-0.3, -0.25) is 9.59 Å². The van der Waals surface area contributed by atoms with E-state index < -0.39 is 0 Å². The summed E-state index contributed by atoms with van der Waals surface area (Å²) < 4.78 is 6.71. The second kappa shape index (κ2) is 6.20. The minimum Gasteiger partial charge on any atom is -0.377 e. The molecule has 0 radical (unpaired) electrons. The Labute approximate surface area is 100 Å². The van der Waals surface area contributed by atoms with Gasteiger partial charge >= 0.3 is 0 Å². The average Bonchev–Trinajstić information content (AvgIpc) is 2.30. The van der Waals surface area contributed by atoms with Crippen molar-refractivity contribution < 1.29 is 9.53 Å². The number of nitrogens with zero attached hydrogens (tertiary/aromatic N) is 1. The number of rotatable bonds is 5. The number of ether oxygens (including phenoxy) is 1. The van der Waals surface area contributed by atoms with E-state index in [-0.39, 0.29) is 17.6 Å². The summed E-state index contributed by atoms with van der Waals surface area (Å²) >= 11 is 0. The summed E-state index contributed by atoms with van der Waals surface area (Å²) in [5.74, 6) is -0.255. The van der Waals surface area contributed by atoms with Crippen molar-refractivity contribution in [2.45, 2.75) is 20.0 Å². The molecule has 0 saturated carbocycles. The number of hydrogen-bond acceptors (Lipinski definition) is 3. The van der Waals surface area contributed by atoms with E-state index in [1.54, 1.807) is 19.3 Å². The Balaban J connectivity index is 2.58. The first-order chi connectivity index (χ1) is 8.04. The van der Waals surface area contributed by atoms with Gasteiger partial charge in [0.25, 0.3) is 11.5 Å². The SMILES string of the molecule is CCOC(C)CNC(=O)c1ccn(C)c(=O)c1. The maximum absolute atomic E-state index is 11.7. The number of amides is 1. The number of hydrogen-bond donors (Lipinski definition) is 1. The second-order valence-corrected chi connectivity index (χ2v) is 3.84. The van der Waals surface area contributed by atoms with Crippen LogP contribution in [-0.2, 0) is 11.8 Å². The van der Waals surface area contributed by atoms with Gasteiger partial charge in [0.15, 0.2) is 0 Å². The molecule has 0 spiro atoms. The molecule has 1 atom stereocenters. The van der Waals surface area contributed by atoms with Gasteiger partial charge in [-0.1, -0.05) is 0 Å². The highest BCUT2D eigenvalue weighted by Crippen LogP contribution is 1.95. The van der Waals surface area contributed by atoms with Crippen LogP contribution in [0.5, 0.6) is 0 Å². The van der Waals surface area contributed by atoms with Gasteiger partial charge in [0.1, 0.15) is 0 Å². The van der Waals surface area contributed by atoms with Gasteiger partial charge in [-0.05, 0) is 19.9 Å². The monoisotopic (exact) mass is 238 g/mol. The predicted octanol–water partition coefficient (Wildman–Crippen LogP) is 0.540. The normalized spacial score (nSPS) is 12.2. The lowest BCUT2D eigenvalue weighted by Crippen LogP contribution is -2.33. The largest absolute Gasteiger partial charge is 0.377 e. The molecule has 1 amide bonds. The van der Waals surface area contributed by atoms with Crippen molar-refractivity contribution in [2.24, 2.45) is 7.05 Å². The van der Waals surface area contributed by atoms with E-state index in [0.29, 0.717) is 18.7 Å². The van der Waals surface area contributed by atoms with Crippen LogP contribution in [0.25, 0.3) is 0 Å². The molecular formula is C12H18N2O3. The zero-order valence-electron chi connectivity index (χ0n) is 10.4. The van der Waals surface area contributed by atoms with Crippen LogP contribution in [-0.4, -0.2) is 29.7 Å². The van der Waals surface area contributed by atoms with Gasteiger partial charge in [-0.15, -0.1) is 0 Å². The molecule has 1 heterocycles. The molecule has 1 aromatic heterocycles. The van der Waals surface area contributed by atoms with E-state index in [2.05, 4.69) is 5.32 Å². The fraction of sp³-hybridized carbons (Fsp3) is 0.500. The fourth-order valence-corrected chi connectivity index (χ4v) is 1.37. The van der Waals surface area contributed by atoms with E-state index >= 15 is 0 Å². The molecule has 0 aliphatic rings. The van der Waals surface area contributed by atoms with Crippen molar-refractivity contribution in [2.75, 3.05) is 13.2 Å². The van der Waals surface area contributed by atoms with E-state index in [1.165, 1.54) is 10.6 Å². The molecule has 5 heteroatoms. The zero-order valence-corrected chi connectivity index (χ0v) is 10.4. The van der Waals surface area contributed by atoms with Crippen LogP contribution in [0.2, 0.25) is 0 Å². The number of aryl methyl sites for hydroxylation is 1. The van der Waals surface area contributed by atoms with Crippen molar-refractivity contribution >= 4 is 5.91 Å². The lowest BCUT2D eigenvalue weighted by atomic mass is 10.2. The van der Waals surface area contributed by atoms with Gasteiger partial charge in [0, 0.05) is 38.0 Å². The van der Waals surface area contributed by atoms with E-state index in [4.69, 9.17) is 4.74 Å². The maximum Gasteiger partial charge on any atom is 0.251 e. The van der Waals surface area contributed by atoms with Crippen LogP contribution in [0.3, 0.4) is 0 Å². The van der Waals surface area contributed by atoms with Crippen LogP contribution >= 0.6 is 0 Å². The molecule has 5 nitrogen and oxygen atoms in total. The minimum absolute atomic E-state index is 0.0319. The zero-order chi connectivity index (χ0) is 12.8. The Kier molecular flexibility index (Phi) is 4.90. The van der Waals surface area contributed by atoms with Crippen LogP contribution in [0.15, 0.2) is 23.1 Å². The molecule has 1 N–H and O–H groups in total. The summed E-state index contributed by atoms with van der Waals surface area (Å²) in [6.07, 6.45) is 1.54. The number of carbonyl (C=O) groups is 1. The Morgan fingerprint density at radius 1 is 1.59 bits per heavy atom. The van der Waals surface area contributed by atoms with Crippen molar-refractivity contribution in [1.29, 1.82) is 0 Å². The van der Waals surface area contributed by atoms with E-state index in [0.717, 1.165) is 0 Å². The maximum atomic E-state index is 11.7. The molecular weight excluding hydrogens is 220 g/mol. The Bertz CT molecular complexity index is 440. The summed E-state index contributed by atoms with van der Waals surface area (Å²) in [5, 5.41) is 2.72. The molecule has 94 valence electrons. The highest BCUT2D eigenvalue weighted by Gasteiger charge is 2.08. The number of nitrogens with one attached hydrogen (secondary N) is 1. The molecule has 1 aromatic rings. The highest BCUT2D eigenvalue weighted by molar-refractivity contribution is 5.93. The first-order valence-electron chi connectivity index (χ1n) is 5.61. The summed E-state index contributed by atoms with van der Waals surface area (Å²) in [6, 6.07) is 2.93. The van der Waals surface area contributed by atoms with Crippen LogP contribution < -0.4 is 10.9 Å². The first kappa shape index (κ1) is 13.4. The van der Waals surface area contributed by atoms with Gasteiger partial charge in [0.2, 0.25) is 0 Å². The molecule has 0 aliphatic carbocycles. The molecule has 0 aromatic carbocycles.